The molecule has 2 aliphatic rings. The van der Waals surface area contributed by atoms with Crippen molar-refractivity contribution in [2.45, 2.75) is 52.0 Å². The lowest BCUT2D eigenvalue weighted by Crippen LogP contribution is -2.46. The van der Waals surface area contributed by atoms with Crippen LogP contribution in [-0.4, -0.2) is 34.4 Å². The van der Waals surface area contributed by atoms with Crippen molar-refractivity contribution in [2.24, 2.45) is 5.41 Å². The van der Waals surface area contributed by atoms with Gasteiger partial charge in [0.05, 0.1) is 17.3 Å². The van der Waals surface area contributed by atoms with Crippen LogP contribution in [0.15, 0.2) is 36.7 Å². The Balaban J connectivity index is 1.47. The molecule has 0 radical (unpaired) electrons. The number of carbonyl (C=O) groups is 2. The number of pyridine rings is 2. The minimum Gasteiger partial charge on any atom is -0.348 e. The summed E-state index contributed by atoms with van der Waals surface area (Å²) >= 11 is 0. The Bertz CT molecular complexity index is 913. The second-order valence-corrected chi connectivity index (χ2v) is 8.14. The zero-order valence-corrected chi connectivity index (χ0v) is 16.4. The molecule has 0 aromatic carbocycles. The number of amides is 2. The van der Waals surface area contributed by atoms with Gasteiger partial charge < -0.3 is 10.2 Å². The number of carbonyl (C=O) groups excluding carboxylic acids is 2. The van der Waals surface area contributed by atoms with Crippen molar-refractivity contribution >= 4 is 17.5 Å². The second-order valence-electron chi connectivity index (χ2n) is 8.14. The summed E-state index contributed by atoms with van der Waals surface area (Å²) in [6.07, 6.45) is 7.81. The molecule has 2 aromatic rings. The van der Waals surface area contributed by atoms with Gasteiger partial charge in [-0.3, -0.25) is 14.6 Å². The molecule has 1 saturated carbocycles. The average molecular weight is 378 g/mol. The first-order valence-corrected chi connectivity index (χ1v) is 9.95. The molecule has 1 aliphatic carbocycles. The normalized spacial score (nSPS) is 24.6. The van der Waals surface area contributed by atoms with Crippen LogP contribution in [0.4, 0.5) is 5.69 Å². The maximum Gasteiger partial charge on any atom is 0.270 e. The first-order valence-electron chi connectivity index (χ1n) is 9.95. The van der Waals surface area contributed by atoms with E-state index in [2.05, 4.69) is 15.3 Å². The van der Waals surface area contributed by atoms with Crippen LogP contribution in [0.3, 0.4) is 0 Å². The Labute approximate surface area is 165 Å². The molecule has 2 atom stereocenters. The lowest BCUT2D eigenvalue weighted by molar-refractivity contribution is -0.127. The number of hydrogen-bond donors (Lipinski definition) is 1. The summed E-state index contributed by atoms with van der Waals surface area (Å²) in [7, 11) is 0. The Morgan fingerprint density at radius 1 is 1.25 bits per heavy atom. The summed E-state index contributed by atoms with van der Waals surface area (Å²) in [5.74, 6) is 0.0171. The van der Waals surface area contributed by atoms with Gasteiger partial charge in [0.15, 0.2) is 0 Å². The largest absolute Gasteiger partial charge is 0.348 e. The Kier molecular flexibility index (Phi) is 4.87. The molecule has 4 rings (SSSR count). The van der Waals surface area contributed by atoms with E-state index in [4.69, 9.17) is 0 Å². The van der Waals surface area contributed by atoms with E-state index in [-0.39, 0.29) is 23.3 Å². The van der Waals surface area contributed by atoms with Gasteiger partial charge in [-0.2, -0.15) is 0 Å². The van der Waals surface area contributed by atoms with Crippen molar-refractivity contribution in [1.29, 1.82) is 0 Å². The Morgan fingerprint density at radius 2 is 2.11 bits per heavy atom. The topological polar surface area (TPSA) is 75.2 Å². The number of nitrogens with zero attached hydrogens (tertiary/aromatic N) is 3. The number of hydrogen-bond acceptors (Lipinski definition) is 4. The predicted molar refractivity (Wildman–Crippen MR) is 107 cm³/mol. The number of aromatic nitrogens is 2. The molecule has 0 bridgehead atoms. The number of aryl methyl sites for hydroxylation is 2. The smallest absolute Gasteiger partial charge is 0.270 e. The first kappa shape index (κ1) is 18.6. The summed E-state index contributed by atoms with van der Waals surface area (Å²) in [5, 5.41) is 3.11. The fourth-order valence-corrected chi connectivity index (χ4v) is 4.59. The van der Waals surface area contributed by atoms with E-state index < -0.39 is 0 Å². The summed E-state index contributed by atoms with van der Waals surface area (Å²) < 4.78 is 0. The van der Waals surface area contributed by atoms with Crippen LogP contribution in [0.1, 0.15) is 53.8 Å². The van der Waals surface area contributed by atoms with E-state index in [0.717, 1.165) is 42.6 Å². The third kappa shape index (κ3) is 3.51. The van der Waals surface area contributed by atoms with E-state index in [0.29, 0.717) is 18.7 Å². The molecular weight excluding hydrogens is 352 g/mol. The fraction of sp³-hybridized carbons (Fsp3) is 0.455. The van der Waals surface area contributed by atoms with Crippen LogP contribution in [0.25, 0.3) is 0 Å². The maximum absolute atomic E-state index is 13.3. The van der Waals surface area contributed by atoms with Gasteiger partial charge in [-0.25, -0.2) is 4.98 Å². The van der Waals surface area contributed by atoms with E-state index >= 15 is 0 Å². The van der Waals surface area contributed by atoms with E-state index in [9.17, 15) is 9.59 Å². The molecule has 2 aromatic heterocycles. The molecule has 2 fully saturated rings. The van der Waals surface area contributed by atoms with Crippen LogP contribution < -0.4 is 10.2 Å². The zero-order chi connectivity index (χ0) is 19.7. The van der Waals surface area contributed by atoms with E-state index in [1.807, 2.05) is 36.9 Å². The fourth-order valence-electron chi connectivity index (χ4n) is 4.59. The monoisotopic (exact) mass is 378 g/mol. The second kappa shape index (κ2) is 7.34. The van der Waals surface area contributed by atoms with Gasteiger partial charge in [-0.15, -0.1) is 0 Å². The minimum atomic E-state index is -0.375. The standard InChI is InChI=1S/C22H26N4O2/c1-15-11-18(14-23-13-15)26-10-9-22(21(26)28)8-4-6-17(12-22)25-20(27)19-7-3-5-16(2)24-19/h3,5,7,11,13-14,17H,4,6,8-10,12H2,1-2H3,(H,25,27). The quantitative estimate of drug-likeness (QED) is 0.890. The molecule has 6 nitrogen and oxygen atoms in total. The van der Waals surface area contributed by atoms with Crippen molar-refractivity contribution in [3.05, 3.63) is 53.6 Å². The third-order valence-electron chi connectivity index (χ3n) is 5.99. The highest BCUT2D eigenvalue weighted by Gasteiger charge is 2.49. The molecule has 1 spiro atoms. The van der Waals surface area contributed by atoms with Gasteiger partial charge in [0.25, 0.3) is 5.91 Å². The highest BCUT2D eigenvalue weighted by Crippen LogP contribution is 2.46. The van der Waals surface area contributed by atoms with Crippen LogP contribution in [0, 0.1) is 19.3 Å². The molecule has 146 valence electrons. The van der Waals surface area contributed by atoms with Crippen molar-refractivity contribution in [1.82, 2.24) is 15.3 Å². The molecular formula is C22H26N4O2. The van der Waals surface area contributed by atoms with Crippen molar-refractivity contribution < 1.29 is 9.59 Å². The van der Waals surface area contributed by atoms with Gasteiger partial charge in [-0.1, -0.05) is 12.5 Å². The van der Waals surface area contributed by atoms with Crippen molar-refractivity contribution in [3.8, 4) is 0 Å². The lowest BCUT2D eigenvalue weighted by atomic mass is 9.71. The van der Waals surface area contributed by atoms with Gasteiger partial charge >= 0.3 is 0 Å². The molecule has 1 aliphatic heterocycles. The van der Waals surface area contributed by atoms with Gasteiger partial charge in [0, 0.05) is 24.5 Å². The summed E-state index contributed by atoms with van der Waals surface area (Å²) in [5.41, 5.74) is 2.80. The highest BCUT2D eigenvalue weighted by molar-refractivity contribution is 6.00. The molecule has 1 saturated heterocycles. The minimum absolute atomic E-state index is 0.00287. The first-order chi connectivity index (χ1) is 13.5. The van der Waals surface area contributed by atoms with Crippen LogP contribution in [-0.2, 0) is 4.79 Å². The van der Waals surface area contributed by atoms with Gasteiger partial charge in [0.2, 0.25) is 5.91 Å². The molecule has 6 heteroatoms. The summed E-state index contributed by atoms with van der Waals surface area (Å²) in [6, 6.07) is 7.46. The number of anilines is 1. The highest BCUT2D eigenvalue weighted by atomic mass is 16.2. The molecule has 2 unspecified atom stereocenters. The number of rotatable bonds is 3. The lowest BCUT2D eigenvalue weighted by Gasteiger charge is -2.36. The van der Waals surface area contributed by atoms with Crippen LogP contribution in [0.5, 0.6) is 0 Å². The zero-order valence-electron chi connectivity index (χ0n) is 16.4. The maximum atomic E-state index is 13.3. The van der Waals surface area contributed by atoms with Crippen molar-refractivity contribution in [2.75, 3.05) is 11.4 Å². The SMILES string of the molecule is Cc1cncc(N2CCC3(CCCC(NC(=O)c4cccc(C)n4)C3)C2=O)c1. The Hall–Kier alpha value is -2.76. The van der Waals surface area contributed by atoms with Crippen LogP contribution >= 0.6 is 0 Å². The van der Waals surface area contributed by atoms with Gasteiger partial charge in [-0.05, 0) is 63.3 Å². The van der Waals surface area contributed by atoms with E-state index in [1.54, 1.807) is 18.5 Å². The summed E-state index contributed by atoms with van der Waals surface area (Å²) in [4.78, 5) is 36.3. The molecule has 1 N–H and O–H groups in total. The number of nitrogens with one attached hydrogen (secondary N) is 1. The predicted octanol–water partition coefficient (Wildman–Crippen LogP) is 3.19. The summed E-state index contributed by atoms with van der Waals surface area (Å²) in [6.45, 7) is 4.57. The van der Waals surface area contributed by atoms with Crippen LogP contribution in [0.2, 0.25) is 0 Å². The Morgan fingerprint density at radius 3 is 2.89 bits per heavy atom. The molecule has 2 amide bonds. The van der Waals surface area contributed by atoms with E-state index in [1.165, 1.54) is 0 Å². The molecule has 3 heterocycles. The molecule has 28 heavy (non-hydrogen) atoms. The van der Waals surface area contributed by atoms with Crippen molar-refractivity contribution in [3.63, 3.8) is 0 Å². The third-order valence-corrected chi connectivity index (χ3v) is 5.99. The van der Waals surface area contributed by atoms with Gasteiger partial charge in [0.1, 0.15) is 5.69 Å². The average Bonchev–Trinajstić information content (AvgIpc) is 2.97.